The second kappa shape index (κ2) is 9.20. The Balaban J connectivity index is 1.37. The van der Waals surface area contributed by atoms with E-state index in [2.05, 4.69) is 20.5 Å². The van der Waals surface area contributed by atoms with Gasteiger partial charge in [0.2, 0.25) is 5.91 Å². The molecule has 1 atom stereocenters. The number of amides is 2. The van der Waals surface area contributed by atoms with E-state index in [9.17, 15) is 9.59 Å². The number of carbonyl (C=O) groups excluding carboxylic acids is 2. The number of H-pyrrole nitrogens is 1. The maximum absolute atomic E-state index is 13.0. The van der Waals surface area contributed by atoms with Crippen LogP contribution in [-0.2, 0) is 4.79 Å². The van der Waals surface area contributed by atoms with Crippen molar-refractivity contribution >= 4 is 11.8 Å². The Kier molecular flexibility index (Phi) is 6.22. The Labute approximate surface area is 171 Å². The molecule has 0 spiro atoms. The van der Waals surface area contributed by atoms with E-state index in [0.717, 1.165) is 36.9 Å². The summed E-state index contributed by atoms with van der Waals surface area (Å²) in [5.41, 5.74) is 2.09. The zero-order valence-corrected chi connectivity index (χ0v) is 16.8. The number of likely N-dealkylation sites (tertiary alicyclic amines) is 1. The Morgan fingerprint density at radius 1 is 1.03 bits per heavy atom. The fourth-order valence-electron chi connectivity index (χ4n) is 4.39. The Morgan fingerprint density at radius 3 is 2.55 bits per heavy atom. The van der Waals surface area contributed by atoms with Gasteiger partial charge < -0.3 is 10.2 Å². The van der Waals surface area contributed by atoms with E-state index in [-0.39, 0.29) is 17.7 Å². The van der Waals surface area contributed by atoms with Crippen LogP contribution in [0.3, 0.4) is 0 Å². The van der Waals surface area contributed by atoms with E-state index >= 15 is 0 Å². The second-order valence-electron chi connectivity index (χ2n) is 8.19. The molecule has 2 aromatic rings. The standard InChI is InChI=1S/C22H29N5O2/c28-21(24-18-7-3-1-2-4-8-18)17-6-5-13-27(15-17)22(29)20-14-19(25-26-20)16-9-11-23-12-10-16/h9-12,14,17-18H,1-8,13,15H2,(H,24,28)(H,25,26)/t17-/m0/s1. The van der Waals surface area contributed by atoms with Crippen molar-refractivity contribution in [3.8, 4) is 11.3 Å². The van der Waals surface area contributed by atoms with Crippen LogP contribution in [0, 0.1) is 5.92 Å². The maximum atomic E-state index is 13.0. The SMILES string of the molecule is O=C(NC1CCCCCC1)[C@H]1CCCN(C(=O)c2cc(-c3ccncc3)n[nH]2)C1. The van der Waals surface area contributed by atoms with Crippen LogP contribution < -0.4 is 5.32 Å². The van der Waals surface area contributed by atoms with Crippen molar-refractivity contribution in [3.63, 3.8) is 0 Å². The summed E-state index contributed by atoms with van der Waals surface area (Å²) >= 11 is 0. The largest absolute Gasteiger partial charge is 0.353 e. The molecule has 1 aliphatic carbocycles. The molecule has 2 fully saturated rings. The summed E-state index contributed by atoms with van der Waals surface area (Å²) in [6.07, 6.45) is 12.2. The van der Waals surface area contributed by atoms with Gasteiger partial charge in [-0.15, -0.1) is 0 Å². The number of aromatic amines is 1. The van der Waals surface area contributed by atoms with Gasteiger partial charge in [-0.25, -0.2) is 0 Å². The topological polar surface area (TPSA) is 91.0 Å². The van der Waals surface area contributed by atoms with E-state index < -0.39 is 0 Å². The summed E-state index contributed by atoms with van der Waals surface area (Å²) in [6, 6.07) is 5.79. The Hall–Kier alpha value is -2.70. The van der Waals surface area contributed by atoms with Gasteiger partial charge in [0.1, 0.15) is 5.69 Å². The fourth-order valence-corrected chi connectivity index (χ4v) is 4.39. The van der Waals surface area contributed by atoms with E-state index in [1.807, 2.05) is 12.1 Å². The first-order chi connectivity index (χ1) is 14.2. The van der Waals surface area contributed by atoms with E-state index in [0.29, 0.717) is 24.8 Å². The Bertz CT molecular complexity index is 827. The van der Waals surface area contributed by atoms with Crippen LogP contribution >= 0.6 is 0 Å². The summed E-state index contributed by atoms with van der Waals surface area (Å²) in [4.78, 5) is 31.5. The number of nitrogens with one attached hydrogen (secondary N) is 2. The fraction of sp³-hybridized carbons (Fsp3) is 0.545. The summed E-state index contributed by atoms with van der Waals surface area (Å²) < 4.78 is 0. The number of pyridine rings is 1. The smallest absolute Gasteiger partial charge is 0.271 e. The molecular formula is C22H29N5O2. The maximum Gasteiger partial charge on any atom is 0.271 e. The molecule has 154 valence electrons. The lowest BCUT2D eigenvalue weighted by atomic mass is 9.96. The normalized spacial score (nSPS) is 20.8. The molecule has 7 heteroatoms. The van der Waals surface area contributed by atoms with Crippen LogP contribution in [0.15, 0.2) is 30.6 Å². The minimum atomic E-state index is -0.126. The molecule has 2 amide bonds. The number of hydrogen-bond donors (Lipinski definition) is 2. The van der Waals surface area contributed by atoms with Gasteiger partial charge in [0.05, 0.1) is 11.6 Å². The molecule has 0 bridgehead atoms. The zero-order valence-electron chi connectivity index (χ0n) is 16.8. The van der Waals surface area contributed by atoms with Crippen LogP contribution in [0.2, 0.25) is 0 Å². The summed E-state index contributed by atoms with van der Waals surface area (Å²) in [5, 5.41) is 10.4. The van der Waals surface area contributed by atoms with Crippen molar-refractivity contribution in [2.45, 2.75) is 57.4 Å². The molecule has 0 unspecified atom stereocenters. The highest BCUT2D eigenvalue weighted by molar-refractivity contribution is 5.94. The molecule has 2 aromatic heterocycles. The third-order valence-electron chi connectivity index (χ3n) is 6.07. The molecular weight excluding hydrogens is 366 g/mol. The molecule has 1 saturated heterocycles. The summed E-state index contributed by atoms with van der Waals surface area (Å²) in [5.74, 6) is -0.111. The third kappa shape index (κ3) is 4.83. The van der Waals surface area contributed by atoms with Gasteiger partial charge in [0.25, 0.3) is 5.91 Å². The molecule has 4 rings (SSSR count). The predicted molar refractivity (Wildman–Crippen MR) is 110 cm³/mol. The number of piperidine rings is 1. The average Bonchev–Trinajstić information content (AvgIpc) is 3.12. The first-order valence-corrected chi connectivity index (χ1v) is 10.8. The molecule has 0 radical (unpaired) electrons. The van der Waals surface area contributed by atoms with E-state index in [1.54, 1.807) is 23.4 Å². The van der Waals surface area contributed by atoms with Crippen LogP contribution in [0.5, 0.6) is 0 Å². The minimum Gasteiger partial charge on any atom is -0.353 e. The monoisotopic (exact) mass is 395 g/mol. The van der Waals surface area contributed by atoms with Gasteiger partial charge in [-0.3, -0.25) is 19.7 Å². The van der Waals surface area contributed by atoms with Crippen LogP contribution in [0.4, 0.5) is 0 Å². The number of hydrogen-bond acceptors (Lipinski definition) is 4. The first kappa shape index (κ1) is 19.6. The molecule has 2 N–H and O–H groups in total. The Morgan fingerprint density at radius 2 is 1.79 bits per heavy atom. The van der Waals surface area contributed by atoms with Gasteiger partial charge in [-0.05, 0) is 43.9 Å². The van der Waals surface area contributed by atoms with Crippen LogP contribution in [0.25, 0.3) is 11.3 Å². The number of aromatic nitrogens is 3. The van der Waals surface area contributed by atoms with Crippen molar-refractivity contribution in [2.75, 3.05) is 13.1 Å². The quantitative estimate of drug-likeness (QED) is 0.778. The van der Waals surface area contributed by atoms with Crippen molar-refractivity contribution in [1.82, 2.24) is 25.4 Å². The molecule has 1 saturated carbocycles. The second-order valence-corrected chi connectivity index (χ2v) is 8.19. The average molecular weight is 396 g/mol. The van der Waals surface area contributed by atoms with Gasteiger partial charge >= 0.3 is 0 Å². The van der Waals surface area contributed by atoms with E-state index in [4.69, 9.17) is 0 Å². The molecule has 2 aliphatic rings. The lowest BCUT2D eigenvalue weighted by Gasteiger charge is -2.32. The highest BCUT2D eigenvalue weighted by Crippen LogP contribution is 2.22. The van der Waals surface area contributed by atoms with Gasteiger partial charge in [-0.2, -0.15) is 5.10 Å². The minimum absolute atomic E-state index is 0.0928. The van der Waals surface area contributed by atoms with Crippen LogP contribution in [-0.4, -0.2) is 51.0 Å². The molecule has 1 aliphatic heterocycles. The van der Waals surface area contributed by atoms with Crippen molar-refractivity contribution < 1.29 is 9.59 Å². The molecule has 7 nitrogen and oxygen atoms in total. The highest BCUT2D eigenvalue weighted by atomic mass is 16.2. The zero-order chi connectivity index (χ0) is 20.1. The summed E-state index contributed by atoms with van der Waals surface area (Å²) in [7, 11) is 0. The number of rotatable bonds is 4. The molecule has 3 heterocycles. The summed E-state index contributed by atoms with van der Waals surface area (Å²) in [6.45, 7) is 1.15. The van der Waals surface area contributed by atoms with Gasteiger partial charge in [-0.1, -0.05) is 25.7 Å². The van der Waals surface area contributed by atoms with Crippen LogP contribution in [0.1, 0.15) is 61.9 Å². The van der Waals surface area contributed by atoms with E-state index in [1.165, 1.54) is 25.7 Å². The number of carbonyl (C=O) groups is 2. The first-order valence-electron chi connectivity index (χ1n) is 10.8. The number of nitrogens with zero attached hydrogens (tertiary/aromatic N) is 3. The third-order valence-corrected chi connectivity index (χ3v) is 6.07. The lowest BCUT2D eigenvalue weighted by Crippen LogP contribution is -2.47. The predicted octanol–water partition coefficient (Wildman–Crippen LogP) is 3.16. The van der Waals surface area contributed by atoms with Crippen molar-refractivity contribution in [3.05, 3.63) is 36.3 Å². The van der Waals surface area contributed by atoms with Gasteiger partial charge in [0, 0.05) is 37.1 Å². The molecule has 29 heavy (non-hydrogen) atoms. The highest BCUT2D eigenvalue weighted by Gasteiger charge is 2.30. The van der Waals surface area contributed by atoms with Crippen molar-refractivity contribution in [1.29, 1.82) is 0 Å². The van der Waals surface area contributed by atoms with Crippen molar-refractivity contribution in [2.24, 2.45) is 5.92 Å². The lowest BCUT2D eigenvalue weighted by molar-refractivity contribution is -0.127. The molecule has 0 aromatic carbocycles. The van der Waals surface area contributed by atoms with Gasteiger partial charge in [0.15, 0.2) is 0 Å².